The molecule has 34 heavy (non-hydrogen) atoms. The van der Waals surface area contributed by atoms with Crippen LogP contribution in [0.4, 0.5) is 5.13 Å². The second-order valence-electron chi connectivity index (χ2n) is 7.87. The molecule has 2 atom stereocenters. The monoisotopic (exact) mass is 516 g/mol. The molecule has 16 heteroatoms. The number of aromatic nitrogens is 2. The van der Waals surface area contributed by atoms with E-state index >= 15 is 0 Å². The van der Waals surface area contributed by atoms with Crippen LogP contribution in [-0.2, 0) is 19.2 Å². The molecule has 0 aromatic carbocycles. The minimum absolute atomic E-state index is 0.0556. The lowest BCUT2D eigenvalue weighted by molar-refractivity contribution is -0.905. The van der Waals surface area contributed by atoms with Crippen LogP contribution < -0.4 is 11.1 Å². The Kier molecular flexibility index (Phi) is 8.09. The predicted octanol–water partition coefficient (Wildman–Crippen LogP) is -2.36. The van der Waals surface area contributed by atoms with E-state index in [4.69, 9.17) is 10.6 Å². The number of carbonyl (C=O) groups excluding carboxylic acids is 2. The summed E-state index contributed by atoms with van der Waals surface area (Å²) in [4.78, 5) is 47.6. The summed E-state index contributed by atoms with van der Waals surface area (Å²) in [5.41, 5.74) is 5.67. The van der Waals surface area contributed by atoms with Gasteiger partial charge in [0.05, 0.1) is 20.3 Å². The molecule has 2 aliphatic rings. The van der Waals surface area contributed by atoms with E-state index in [-0.39, 0.29) is 46.6 Å². The first-order valence-electron chi connectivity index (χ1n) is 10.1. The van der Waals surface area contributed by atoms with E-state index in [0.29, 0.717) is 24.4 Å². The lowest BCUT2D eigenvalue weighted by Crippen LogP contribution is -2.71. The number of amides is 2. The van der Waals surface area contributed by atoms with E-state index < -0.39 is 29.2 Å². The number of aliphatic carboxylic acids is 1. The van der Waals surface area contributed by atoms with Crippen LogP contribution in [0.2, 0.25) is 0 Å². The van der Waals surface area contributed by atoms with Gasteiger partial charge in [0.2, 0.25) is 11.5 Å². The van der Waals surface area contributed by atoms with Gasteiger partial charge < -0.3 is 35.7 Å². The van der Waals surface area contributed by atoms with Crippen LogP contribution in [0.1, 0.15) is 5.82 Å². The molecule has 3 rings (SSSR count). The molecular formula is C18H26N7O7S2+. The molecule has 3 heterocycles. The maximum Gasteiger partial charge on any atom is 0.352 e. The van der Waals surface area contributed by atoms with Crippen molar-refractivity contribution in [1.82, 2.24) is 19.6 Å². The Labute approximate surface area is 202 Å². The van der Waals surface area contributed by atoms with Crippen LogP contribution in [0.25, 0.3) is 0 Å². The minimum atomic E-state index is -1.26. The Hall–Kier alpha value is -2.79. The number of hydrogen-bond acceptors (Lipinski definition) is 12. The Morgan fingerprint density at radius 3 is 2.56 bits per heavy atom. The number of nitrogens with two attached hydrogens (primary N) is 1. The third-order valence-electron chi connectivity index (χ3n) is 5.44. The third-order valence-corrected chi connectivity index (χ3v) is 7.32. The maximum atomic E-state index is 12.9. The largest absolute Gasteiger partial charge is 0.477 e. The van der Waals surface area contributed by atoms with E-state index in [1.165, 1.54) is 18.9 Å². The summed E-state index contributed by atoms with van der Waals surface area (Å²) in [6, 6.07) is -0.984. The van der Waals surface area contributed by atoms with Crippen LogP contribution in [0.5, 0.6) is 0 Å². The highest BCUT2D eigenvalue weighted by Crippen LogP contribution is 2.40. The van der Waals surface area contributed by atoms with E-state index in [9.17, 15) is 29.7 Å². The smallest absolute Gasteiger partial charge is 0.352 e. The molecule has 186 valence electrons. The first kappa shape index (κ1) is 25.8. The van der Waals surface area contributed by atoms with Crippen molar-refractivity contribution in [2.24, 2.45) is 5.16 Å². The standard InChI is InChI=1S/C18H25N7O7S2/c1-25(3-5-26,4-6-27)7-9-8-33-16-11(15(29)24(16)12(9)17(30)31)20-14(28)10(22-32-2)13-21-18(19)34-23-13/h11,16,26-27H,3-8H2,1-2H3,(H3-,19,20,21,23,28,30,31)/p+1/b22-10-/t11-,16-/m1/s1. The summed E-state index contributed by atoms with van der Waals surface area (Å²) < 4.78 is 4.14. The fourth-order valence-electron chi connectivity index (χ4n) is 3.83. The number of oxime groups is 1. The van der Waals surface area contributed by atoms with Gasteiger partial charge in [0, 0.05) is 22.9 Å². The highest BCUT2D eigenvalue weighted by atomic mass is 32.2. The number of nitrogen functional groups attached to an aromatic ring is 1. The molecule has 14 nitrogen and oxygen atoms in total. The van der Waals surface area contributed by atoms with Gasteiger partial charge in [-0.1, -0.05) is 5.16 Å². The summed E-state index contributed by atoms with van der Waals surface area (Å²) in [7, 11) is 3.04. The van der Waals surface area contributed by atoms with Crippen molar-refractivity contribution < 1.29 is 39.0 Å². The summed E-state index contributed by atoms with van der Waals surface area (Å²) in [6.07, 6.45) is 0. The van der Waals surface area contributed by atoms with Gasteiger partial charge in [0.25, 0.3) is 11.8 Å². The van der Waals surface area contributed by atoms with Gasteiger partial charge in [-0.15, -0.1) is 11.8 Å². The van der Waals surface area contributed by atoms with Gasteiger partial charge in [-0.3, -0.25) is 14.5 Å². The number of thioether (sulfide) groups is 1. The minimum Gasteiger partial charge on any atom is -0.477 e. The number of rotatable bonds is 11. The van der Waals surface area contributed by atoms with Crippen molar-refractivity contribution in [2.45, 2.75) is 11.4 Å². The summed E-state index contributed by atoms with van der Waals surface area (Å²) >= 11 is 2.18. The highest BCUT2D eigenvalue weighted by molar-refractivity contribution is 8.00. The number of carboxylic acid groups (broad SMARTS) is 1. The number of hydrogen-bond donors (Lipinski definition) is 5. The average molecular weight is 517 g/mol. The lowest BCUT2D eigenvalue weighted by atomic mass is 10.0. The van der Waals surface area contributed by atoms with Gasteiger partial charge in [0.1, 0.15) is 43.9 Å². The van der Waals surface area contributed by atoms with Crippen LogP contribution in [0.3, 0.4) is 0 Å². The molecule has 1 aromatic heterocycles. The number of carboxylic acids is 1. The molecule has 2 aliphatic heterocycles. The summed E-state index contributed by atoms with van der Waals surface area (Å²) in [5.74, 6) is -2.36. The first-order chi connectivity index (χ1) is 16.2. The number of aliphatic hydroxyl groups excluding tert-OH is 2. The molecule has 0 bridgehead atoms. The number of fused-ring (bicyclic) bond motifs is 1. The number of aliphatic hydroxyl groups is 2. The number of quaternary nitrogens is 1. The molecule has 2 amide bonds. The van der Waals surface area contributed by atoms with Crippen molar-refractivity contribution >= 4 is 51.9 Å². The van der Waals surface area contributed by atoms with Crippen LogP contribution >= 0.6 is 23.3 Å². The van der Waals surface area contributed by atoms with Crippen molar-refractivity contribution in [1.29, 1.82) is 0 Å². The predicted molar refractivity (Wildman–Crippen MR) is 123 cm³/mol. The molecule has 0 radical (unpaired) electrons. The second-order valence-corrected chi connectivity index (χ2v) is 9.76. The zero-order chi connectivity index (χ0) is 25.0. The second kappa shape index (κ2) is 10.6. The van der Waals surface area contributed by atoms with Crippen LogP contribution in [0, 0.1) is 0 Å². The first-order valence-corrected chi connectivity index (χ1v) is 11.9. The number of β-lactam (4-membered cyclic amide) rings is 1. The molecule has 1 fully saturated rings. The number of carbonyl (C=O) groups is 3. The molecule has 6 N–H and O–H groups in total. The summed E-state index contributed by atoms with van der Waals surface area (Å²) in [5, 5.41) is 34.3. The number of anilines is 1. The number of nitrogens with zero attached hydrogens (tertiary/aromatic N) is 5. The van der Waals surface area contributed by atoms with Crippen LogP contribution in [0.15, 0.2) is 16.4 Å². The topological polar surface area (TPSA) is 201 Å². The number of likely N-dealkylation sites (N-methyl/N-ethyl adjacent to an activating group) is 1. The molecule has 0 spiro atoms. The maximum absolute atomic E-state index is 12.9. The number of nitrogens with one attached hydrogen (secondary N) is 1. The molecular weight excluding hydrogens is 490 g/mol. The molecule has 0 unspecified atom stereocenters. The van der Waals surface area contributed by atoms with Crippen molar-refractivity contribution in [3.63, 3.8) is 0 Å². The van der Waals surface area contributed by atoms with Crippen molar-refractivity contribution in [3.8, 4) is 0 Å². The molecule has 1 saturated heterocycles. The van der Waals surface area contributed by atoms with Gasteiger partial charge in [-0.2, -0.15) is 9.36 Å². The third kappa shape index (κ3) is 5.15. The van der Waals surface area contributed by atoms with Gasteiger partial charge >= 0.3 is 5.97 Å². The zero-order valence-corrected chi connectivity index (χ0v) is 20.1. The molecule has 0 aliphatic carbocycles. The quantitative estimate of drug-likeness (QED) is 0.0911. The molecule has 1 aromatic rings. The highest BCUT2D eigenvalue weighted by Gasteiger charge is 2.55. The van der Waals surface area contributed by atoms with E-state index in [1.807, 2.05) is 0 Å². The van der Waals surface area contributed by atoms with E-state index in [2.05, 4.69) is 19.8 Å². The molecule has 0 saturated carbocycles. The van der Waals surface area contributed by atoms with Gasteiger partial charge in [-0.25, -0.2) is 4.79 Å². The van der Waals surface area contributed by atoms with Gasteiger partial charge in [0.15, 0.2) is 5.13 Å². The van der Waals surface area contributed by atoms with Crippen LogP contribution in [-0.4, -0.2) is 122 Å². The Morgan fingerprint density at radius 2 is 2.03 bits per heavy atom. The van der Waals surface area contributed by atoms with Crippen molar-refractivity contribution in [3.05, 3.63) is 17.1 Å². The fraction of sp³-hybridized carbons (Fsp3) is 0.556. The Morgan fingerprint density at radius 1 is 1.35 bits per heavy atom. The van der Waals surface area contributed by atoms with Gasteiger partial charge in [-0.05, 0) is 0 Å². The SMILES string of the molecule is CO/N=C(\C(=O)N[C@@H]1C(=O)N2C(C(=O)O)=C(C[N+](C)(CCO)CCO)CS[C@H]12)c1nsc(N)n1. The Bertz CT molecular complexity index is 1020. The zero-order valence-electron chi connectivity index (χ0n) is 18.5. The average Bonchev–Trinajstić information content (AvgIpc) is 3.21. The lowest BCUT2D eigenvalue weighted by Gasteiger charge is -2.50. The normalized spacial score (nSPS) is 20.6. The van der Waals surface area contributed by atoms with E-state index in [1.54, 1.807) is 7.05 Å². The van der Waals surface area contributed by atoms with Crippen molar-refractivity contribution in [2.75, 3.05) is 58.5 Å². The Balaban J connectivity index is 1.80. The van der Waals surface area contributed by atoms with E-state index in [0.717, 1.165) is 16.4 Å². The fourth-order valence-corrected chi connectivity index (χ4v) is 5.60. The summed E-state index contributed by atoms with van der Waals surface area (Å²) in [6.45, 7) is 0.598.